The number of nitrogens with two attached hydrogens (primary N) is 2. The first-order chi connectivity index (χ1) is 7.99. The fraction of sp³-hybridized carbons (Fsp3) is 0.455. The fourth-order valence-electron chi connectivity index (χ4n) is 1.96. The lowest BCUT2D eigenvalue weighted by molar-refractivity contribution is 0.0487. The van der Waals surface area contributed by atoms with E-state index < -0.39 is 5.82 Å². The van der Waals surface area contributed by atoms with Gasteiger partial charge in [0.15, 0.2) is 5.82 Å². The van der Waals surface area contributed by atoms with Gasteiger partial charge in [0.05, 0.1) is 23.2 Å². The van der Waals surface area contributed by atoms with Gasteiger partial charge in [0, 0.05) is 6.54 Å². The molecule has 1 saturated carbocycles. The van der Waals surface area contributed by atoms with Crippen molar-refractivity contribution in [3.63, 3.8) is 0 Å². The zero-order valence-corrected chi connectivity index (χ0v) is 9.97. The molecule has 1 aliphatic carbocycles. The van der Waals surface area contributed by atoms with Crippen LogP contribution in [-0.4, -0.2) is 17.8 Å². The zero-order valence-electron chi connectivity index (χ0n) is 9.21. The van der Waals surface area contributed by atoms with Crippen molar-refractivity contribution in [3.8, 4) is 0 Å². The van der Waals surface area contributed by atoms with E-state index in [0.717, 1.165) is 12.8 Å². The maximum absolute atomic E-state index is 13.8. The Morgan fingerprint density at radius 2 is 2.06 bits per heavy atom. The molecule has 0 aliphatic heterocycles. The summed E-state index contributed by atoms with van der Waals surface area (Å²) in [5.41, 5.74) is 11.7. The first-order valence-electron chi connectivity index (χ1n) is 5.44. The van der Waals surface area contributed by atoms with Crippen molar-refractivity contribution >= 4 is 28.7 Å². The Labute approximate surface area is 104 Å². The van der Waals surface area contributed by atoms with Crippen molar-refractivity contribution in [1.29, 1.82) is 0 Å². The standard InChI is InChI=1S/C11H15ClFN3O/c12-9-7(14)3-8(15)11(10(9)13)16-4-5-1-6(17)2-5/h3,5-6,16-17H,1-2,4,14-15H2. The molecule has 1 aromatic rings. The van der Waals surface area contributed by atoms with Gasteiger partial charge in [-0.2, -0.15) is 0 Å². The minimum Gasteiger partial charge on any atom is -0.397 e. The Morgan fingerprint density at radius 1 is 1.41 bits per heavy atom. The van der Waals surface area contributed by atoms with Gasteiger partial charge in [-0.3, -0.25) is 0 Å². The maximum Gasteiger partial charge on any atom is 0.169 e. The number of anilines is 3. The summed E-state index contributed by atoms with van der Waals surface area (Å²) in [6, 6.07) is 1.43. The largest absolute Gasteiger partial charge is 0.397 e. The molecule has 0 aromatic heterocycles. The minimum absolute atomic E-state index is 0.115. The molecule has 2 rings (SSSR count). The number of aliphatic hydroxyl groups excluding tert-OH is 1. The fourth-order valence-corrected chi connectivity index (χ4v) is 2.11. The molecule has 94 valence electrons. The summed E-state index contributed by atoms with van der Waals surface area (Å²) in [7, 11) is 0. The third-order valence-corrected chi connectivity index (χ3v) is 3.43. The first kappa shape index (κ1) is 12.3. The van der Waals surface area contributed by atoms with Crippen LogP contribution in [-0.2, 0) is 0 Å². The summed E-state index contributed by atoms with van der Waals surface area (Å²) >= 11 is 5.71. The smallest absolute Gasteiger partial charge is 0.169 e. The third kappa shape index (κ3) is 2.40. The normalized spacial score (nSPS) is 23.2. The molecule has 0 heterocycles. The van der Waals surface area contributed by atoms with Crippen molar-refractivity contribution in [1.82, 2.24) is 0 Å². The molecule has 0 bridgehead atoms. The van der Waals surface area contributed by atoms with E-state index in [1.807, 2.05) is 0 Å². The van der Waals surface area contributed by atoms with Crippen LogP contribution >= 0.6 is 11.6 Å². The lowest BCUT2D eigenvalue weighted by atomic mass is 9.82. The molecule has 0 atom stereocenters. The number of benzene rings is 1. The molecular formula is C11H15ClFN3O. The van der Waals surface area contributed by atoms with Crippen LogP contribution in [0.15, 0.2) is 6.07 Å². The number of aliphatic hydroxyl groups is 1. The molecule has 1 aliphatic rings. The van der Waals surface area contributed by atoms with Gasteiger partial charge >= 0.3 is 0 Å². The molecule has 6 N–H and O–H groups in total. The highest BCUT2D eigenvalue weighted by atomic mass is 35.5. The predicted octanol–water partition coefficient (Wildman–Crippen LogP) is 1.83. The quantitative estimate of drug-likeness (QED) is 0.624. The molecule has 6 heteroatoms. The number of halogens is 2. The van der Waals surface area contributed by atoms with Crippen molar-refractivity contribution in [3.05, 3.63) is 16.9 Å². The van der Waals surface area contributed by atoms with Gasteiger partial charge in [-0.1, -0.05) is 11.6 Å². The Bertz CT molecular complexity index is 435. The zero-order chi connectivity index (χ0) is 12.6. The second-order valence-electron chi connectivity index (χ2n) is 4.43. The van der Waals surface area contributed by atoms with Gasteiger partial charge in [0.25, 0.3) is 0 Å². The number of rotatable bonds is 3. The Morgan fingerprint density at radius 3 is 2.65 bits per heavy atom. The van der Waals surface area contributed by atoms with E-state index in [0.29, 0.717) is 12.5 Å². The van der Waals surface area contributed by atoms with Crippen LogP contribution in [0.4, 0.5) is 21.5 Å². The predicted molar refractivity (Wildman–Crippen MR) is 67.5 cm³/mol. The SMILES string of the molecule is Nc1cc(N)c(NCC2CC(O)C2)c(F)c1Cl. The van der Waals surface area contributed by atoms with E-state index >= 15 is 0 Å². The highest BCUT2D eigenvalue weighted by Gasteiger charge is 2.27. The molecule has 0 amide bonds. The highest BCUT2D eigenvalue weighted by molar-refractivity contribution is 6.33. The molecule has 0 saturated heterocycles. The summed E-state index contributed by atoms with van der Waals surface area (Å²) in [6.07, 6.45) is 1.24. The molecule has 4 nitrogen and oxygen atoms in total. The maximum atomic E-state index is 13.8. The van der Waals surface area contributed by atoms with Crippen molar-refractivity contribution < 1.29 is 9.50 Å². The summed E-state index contributed by atoms with van der Waals surface area (Å²) in [4.78, 5) is 0. The second kappa shape index (κ2) is 4.58. The van der Waals surface area contributed by atoms with E-state index in [9.17, 15) is 4.39 Å². The van der Waals surface area contributed by atoms with Crippen LogP contribution in [0, 0.1) is 11.7 Å². The average Bonchev–Trinajstić information content (AvgIpc) is 2.23. The lowest BCUT2D eigenvalue weighted by Crippen LogP contribution is -2.33. The number of nitrogen functional groups attached to an aromatic ring is 2. The minimum atomic E-state index is -0.621. The van der Waals surface area contributed by atoms with Gasteiger partial charge < -0.3 is 21.9 Å². The summed E-state index contributed by atoms with van der Waals surface area (Å²) in [6.45, 7) is 0.568. The first-order valence-corrected chi connectivity index (χ1v) is 5.81. The van der Waals surface area contributed by atoms with Gasteiger partial charge in [-0.25, -0.2) is 4.39 Å². The molecule has 0 unspecified atom stereocenters. The van der Waals surface area contributed by atoms with E-state index in [2.05, 4.69) is 5.32 Å². The van der Waals surface area contributed by atoms with Gasteiger partial charge in [-0.15, -0.1) is 0 Å². The highest BCUT2D eigenvalue weighted by Crippen LogP contribution is 2.35. The molecule has 1 fully saturated rings. The third-order valence-electron chi connectivity index (χ3n) is 3.04. The number of hydrogen-bond acceptors (Lipinski definition) is 4. The molecule has 17 heavy (non-hydrogen) atoms. The van der Waals surface area contributed by atoms with Crippen LogP contribution in [0.3, 0.4) is 0 Å². The molecular weight excluding hydrogens is 245 g/mol. The topological polar surface area (TPSA) is 84.3 Å². The number of hydrogen-bond donors (Lipinski definition) is 4. The van der Waals surface area contributed by atoms with Crippen LogP contribution in [0.5, 0.6) is 0 Å². The van der Waals surface area contributed by atoms with Crippen molar-refractivity contribution in [2.24, 2.45) is 5.92 Å². The second-order valence-corrected chi connectivity index (χ2v) is 4.81. The van der Waals surface area contributed by atoms with Crippen LogP contribution in [0.25, 0.3) is 0 Å². The van der Waals surface area contributed by atoms with E-state index in [1.54, 1.807) is 0 Å². The van der Waals surface area contributed by atoms with E-state index in [1.165, 1.54) is 6.07 Å². The van der Waals surface area contributed by atoms with Crippen molar-refractivity contribution in [2.45, 2.75) is 18.9 Å². The monoisotopic (exact) mass is 259 g/mol. The average molecular weight is 260 g/mol. The van der Waals surface area contributed by atoms with Gasteiger partial charge in [0.1, 0.15) is 5.02 Å². The Hall–Kier alpha value is -1.20. The summed E-state index contributed by atoms with van der Waals surface area (Å²) < 4.78 is 13.8. The van der Waals surface area contributed by atoms with E-state index in [4.69, 9.17) is 28.2 Å². The van der Waals surface area contributed by atoms with Gasteiger partial charge in [0.2, 0.25) is 0 Å². The van der Waals surface area contributed by atoms with Crippen molar-refractivity contribution in [2.75, 3.05) is 23.3 Å². The molecule has 1 aromatic carbocycles. The van der Waals surface area contributed by atoms with Gasteiger partial charge in [-0.05, 0) is 24.8 Å². The Kier molecular flexibility index (Phi) is 3.31. The summed E-state index contributed by atoms with van der Waals surface area (Å²) in [5, 5.41) is 11.9. The molecule has 0 spiro atoms. The number of nitrogens with one attached hydrogen (secondary N) is 1. The van der Waals surface area contributed by atoms with Crippen LogP contribution in [0.1, 0.15) is 12.8 Å². The lowest BCUT2D eigenvalue weighted by Gasteiger charge is -2.31. The van der Waals surface area contributed by atoms with E-state index in [-0.39, 0.29) is 28.2 Å². The summed E-state index contributed by atoms with van der Waals surface area (Å²) in [5.74, 6) is -0.274. The van der Waals surface area contributed by atoms with Crippen LogP contribution < -0.4 is 16.8 Å². The molecule has 0 radical (unpaired) electrons. The Balaban J connectivity index is 2.07. The van der Waals surface area contributed by atoms with Crippen LogP contribution in [0.2, 0.25) is 5.02 Å².